The van der Waals surface area contributed by atoms with Gasteiger partial charge in [-0.3, -0.25) is 18.4 Å². The molecule has 6 rings (SSSR count). The van der Waals surface area contributed by atoms with Crippen molar-refractivity contribution < 1.29 is 0 Å². The highest BCUT2D eigenvalue weighted by molar-refractivity contribution is 5.97. The van der Waals surface area contributed by atoms with Crippen LogP contribution in [0.5, 0.6) is 0 Å². The Labute approximate surface area is 281 Å². The lowest BCUT2D eigenvalue weighted by Crippen LogP contribution is -2.25. The third-order valence-electron chi connectivity index (χ3n) is 9.75. The zero-order valence-electron chi connectivity index (χ0n) is 28.0. The maximum Gasteiger partial charge on any atom is 0.264 e. The number of unbranched alkanes of at least 4 members (excludes halogenated alkanes) is 8. The lowest BCUT2D eigenvalue weighted by molar-refractivity contribution is 0.632. The molecule has 0 fully saturated rings. The highest BCUT2D eigenvalue weighted by atomic mass is 16.1. The summed E-state index contributed by atoms with van der Waals surface area (Å²) in [5, 5.41) is 19.8. The summed E-state index contributed by atoms with van der Waals surface area (Å²) in [6, 6.07) is 27.0. The first kappa shape index (κ1) is 32.7. The summed E-state index contributed by atoms with van der Waals surface area (Å²) >= 11 is 0. The number of nitriles is 2. The number of aryl methyl sites for hydroxylation is 2. The molecule has 0 saturated carbocycles. The van der Waals surface area contributed by atoms with Gasteiger partial charge in [0.2, 0.25) is 0 Å². The largest absolute Gasteiger partial charge is 0.276 e. The Morgan fingerprint density at radius 1 is 0.500 bits per heavy atom. The molecule has 242 valence electrons. The first-order chi connectivity index (χ1) is 23.5. The van der Waals surface area contributed by atoms with Crippen LogP contribution in [0.1, 0.15) is 100 Å². The third-order valence-corrected chi connectivity index (χ3v) is 9.75. The third kappa shape index (κ3) is 6.12. The van der Waals surface area contributed by atoms with Gasteiger partial charge in [0.05, 0.1) is 56.5 Å². The van der Waals surface area contributed by atoms with Gasteiger partial charge < -0.3 is 0 Å². The Bertz CT molecular complexity index is 2100. The molecule has 0 unspecified atom stereocenters. The molecule has 6 aromatic rings. The number of fused-ring (bicyclic) bond motifs is 3. The van der Waals surface area contributed by atoms with Crippen LogP contribution in [0.4, 0.5) is 0 Å². The average molecular weight is 635 g/mol. The number of pyridine rings is 2. The Morgan fingerprint density at radius 2 is 0.875 bits per heavy atom. The van der Waals surface area contributed by atoms with Crippen molar-refractivity contribution in [2.45, 2.75) is 90.9 Å². The van der Waals surface area contributed by atoms with Crippen LogP contribution in [-0.2, 0) is 12.8 Å². The molecule has 4 aromatic heterocycles. The van der Waals surface area contributed by atoms with Gasteiger partial charge in [-0.25, -0.2) is 0 Å². The maximum atomic E-state index is 14.9. The summed E-state index contributed by atoms with van der Waals surface area (Å²) in [5.41, 5.74) is 7.47. The van der Waals surface area contributed by atoms with Gasteiger partial charge in [-0.1, -0.05) is 89.5 Å². The van der Waals surface area contributed by atoms with Gasteiger partial charge >= 0.3 is 0 Å². The van der Waals surface area contributed by atoms with Crippen LogP contribution in [0.15, 0.2) is 82.4 Å². The molecule has 0 aliphatic carbocycles. The van der Waals surface area contributed by atoms with Gasteiger partial charge in [0.25, 0.3) is 11.1 Å². The molecular formula is C42H42N4O2. The van der Waals surface area contributed by atoms with Crippen LogP contribution in [0.3, 0.4) is 0 Å². The van der Waals surface area contributed by atoms with Crippen molar-refractivity contribution >= 4 is 21.8 Å². The Balaban J connectivity index is 1.65. The monoisotopic (exact) mass is 634 g/mol. The summed E-state index contributed by atoms with van der Waals surface area (Å²) in [5.74, 6) is 0. The van der Waals surface area contributed by atoms with Crippen LogP contribution in [0, 0.1) is 22.7 Å². The first-order valence-corrected chi connectivity index (χ1v) is 17.5. The first-order valence-electron chi connectivity index (χ1n) is 17.5. The number of hydrogen-bond acceptors (Lipinski definition) is 4. The molecule has 2 aromatic carbocycles. The van der Waals surface area contributed by atoms with E-state index in [-0.39, 0.29) is 11.1 Å². The molecule has 0 aliphatic rings. The Hall–Kier alpha value is -5.20. The molecule has 0 aliphatic heterocycles. The number of rotatable bonds is 14. The SMILES string of the molecule is CCCCCCCc1c2c(=O)n3c(-c4ccc(C#N)cc4)ccc3c(CCCCCCC)c2c(=O)n2c(-c3ccc(C#N)cc3)ccc12. The van der Waals surface area contributed by atoms with E-state index in [9.17, 15) is 20.1 Å². The van der Waals surface area contributed by atoms with Crippen LogP contribution in [-0.4, -0.2) is 8.80 Å². The Kier molecular flexibility index (Phi) is 10.0. The minimum atomic E-state index is -0.164. The quantitative estimate of drug-likeness (QED) is 0.112. The summed E-state index contributed by atoms with van der Waals surface area (Å²) in [4.78, 5) is 29.7. The van der Waals surface area contributed by atoms with E-state index in [2.05, 4.69) is 26.0 Å². The molecule has 0 saturated heterocycles. The van der Waals surface area contributed by atoms with E-state index in [4.69, 9.17) is 0 Å². The van der Waals surface area contributed by atoms with Gasteiger partial charge in [0.15, 0.2) is 0 Å². The summed E-state index contributed by atoms with van der Waals surface area (Å²) < 4.78 is 3.62. The van der Waals surface area contributed by atoms with Crippen molar-refractivity contribution in [3.05, 3.63) is 116 Å². The van der Waals surface area contributed by atoms with Gasteiger partial charge in [0, 0.05) is 0 Å². The number of nitrogens with zero attached hydrogens (tertiary/aromatic N) is 4. The van der Waals surface area contributed by atoms with Crippen LogP contribution in [0.2, 0.25) is 0 Å². The number of hydrogen-bond donors (Lipinski definition) is 0. The van der Waals surface area contributed by atoms with E-state index in [1.807, 2.05) is 57.3 Å². The average Bonchev–Trinajstić information content (AvgIpc) is 3.77. The van der Waals surface area contributed by atoms with Crippen molar-refractivity contribution in [2.24, 2.45) is 0 Å². The van der Waals surface area contributed by atoms with Crippen molar-refractivity contribution in [1.29, 1.82) is 10.5 Å². The summed E-state index contributed by atoms with van der Waals surface area (Å²) in [7, 11) is 0. The molecular weight excluding hydrogens is 592 g/mol. The predicted molar refractivity (Wildman–Crippen MR) is 195 cm³/mol. The van der Waals surface area contributed by atoms with Crippen molar-refractivity contribution in [1.82, 2.24) is 8.80 Å². The second-order valence-electron chi connectivity index (χ2n) is 12.9. The topological polar surface area (TPSA) is 90.5 Å². The maximum absolute atomic E-state index is 14.9. The normalized spacial score (nSPS) is 11.4. The minimum absolute atomic E-state index is 0.164. The van der Waals surface area contributed by atoms with Gasteiger partial charge in [-0.05, 0) is 96.5 Å². The fourth-order valence-electron chi connectivity index (χ4n) is 7.23. The number of benzene rings is 2. The molecule has 0 bridgehead atoms. The van der Waals surface area contributed by atoms with Crippen LogP contribution < -0.4 is 11.1 Å². The second-order valence-corrected chi connectivity index (χ2v) is 12.9. The van der Waals surface area contributed by atoms with Crippen molar-refractivity contribution in [3.63, 3.8) is 0 Å². The smallest absolute Gasteiger partial charge is 0.264 e. The van der Waals surface area contributed by atoms with Crippen LogP contribution >= 0.6 is 0 Å². The molecule has 0 amide bonds. The molecule has 0 spiro atoms. The zero-order chi connectivity index (χ0) is 33.6. The molecule has 48 heavy (non-hydrogen) atoms. The van der Waals surface area contributed by atoms with Gasteiger partial charge in [-0.15, -0.1) is 0 Å². The number of aromatic nitrogens is 2. The van der Waals surface area contributed by atoms with Crippen molar-refractivity contribution in [2.75, 3.05) is 0 Å². The summed E-state index contributed by atoms with van der Waals surface area (Å²) in [6.45, 7) is 4.41. The molecule has 6 heteroatoms. The standard InChI is InChI=1S/C42H42N4O2/c1-3-5-7-9-11-13-33-37-25-23-35(31-19-15-29(27-43)16-20-31)45(37)42(48)40-34(14-12-10-8-6-4-2)38-26-24-36(46(38)41(47)39(33)40)32-21-17-30(28-44)18-22-32/h15-26H,3-14H2,1-2H3. The lowest BCUT2D eigenvalue weighted by Gasteiger charge is -2.16. The molecule has 0 N–H and O–H groups in total. The zero-order valence-corrected chi connectivity index (χ0v) is 28.0. The van der Waals surface area contributed by atoms with Gasteiger partial charge in [0.1, 0.15) is 0 Å². The van der Waals surface area contributed by atoms with E-state index in [0.717, 1.165) is 96.0 Å². The van der Waals surface area contributed by atoms with E-state index in [1.54, 1.807) is 24.3 Å². The molecule has 4 heterocycles. The van der Waals surface area contributed by atoms with E-state index < -0.39 is 0 Å². The molecule has 0 radical (unpaired) electrons. The fraction of sp³-hybridized carbons (Fsp3) is 0.333. The predicted octanol–water partition coefficient (Wildman–Crippen LogP) is 9.61. The van der Waals surface area contributed by atoms with E-state index in [0.29, 0.717) is 34.7 Å². The highest BCUT2D eigenvalue weighted by Gasteiger charge is 2.24. The fourth-order valence-corrected chi connectivity index (χ4v) is 7.23. The minimum Gasteiger partial charge on any atom is -0.276 e. The van der Waals surface area contributed by atoms with Crippen LogP contribution in [0.25, 0.3) is 44.3 Å². The molecule has 0 atom stereocenters. The van der Waals surface area contributed by atoms with E-state index >= 15 is 0 Å². The molecule has 6 nitrogen and oxygen atoms in total. The second kappa shape index (κ2) is 14.7. The summed E-state index contributed by atoms with van der Waals surface area (Å²) in [6.07, 6.45) is 12.3. The Morgan fingerprint density at radius 3 is 1.23 bits per heavy atom. The highest BCUT2D eigenvalue weighted by Crippen LogP contribution is 2.33. The van der Waals surface area contributed by atoms with Gasteiger partial charge in [-0.2, -0.15) is 10.5 Å². The lowest BCUT2D eigenvalue weighted by atomic mass is 9.95. The van der Waals surface area contributed by atoms with Crippen molar-refractivity contribution in [3.8, 4) is 34.7 Å². The van der Waals surface area contributed by atoms with E-state index in [1.165, 1.54) is 12.8 Å².